The SMILES string of the molecule is Nc1n[nH]c2cc(C(=O)N[C@@H](Cc3ccccc3)c3nc(-c4ccc5c(N)n[nH]c5c4)c(Cl)[nH]3)ccc12. The maximum Gasteiger partial charge on any atom is 0.251 e. The predicted octanol–water partition coefficient (Wildman–Crippen LogP) is 4.36. The van der Waals surface area contributed by atoms with E-state index in [4.69, 9.17) is 28.1 Å². The first-order chi connectivity index (χ1) is 18.0. The van der Waals surface area contributed by atoms with E-state index in [1.165, 1.54) is 0 Å². The summed E-state index contributed by atoms with van der Waals surface area (Å²) in [4.78, 5) is 21.3. The first-order valence-corrected chi connectivity index (χ1v) is 11.9. The van der Waals surface area contributed by atoms with E-state index >= 15 is 0 Å². The molecule has 1 atom stereocenters. The highest BCUT2D eigenvalue weighted by Gasteiger charge is 2.23. The van der Waals surface area contributed by atoms with Crippen LogP contribution in [0.3, 0.4) is 0 Å². The molecule has 6 rings (SSSR count). The summed E-state index contributed by atoms with van der Waals surface area (Å²) >= 11 is 6.60. The minimum atomic E-state index is -0.477. The minimum Gasteiger partial charge on any atom is -0.382 e. The number of amides is 1. The third-order valence-corrected chi connectivity index (χ3v) is 6.59. The smallest absolute Gasteiger partial charge is 0.251 e. The molecule has 3 heterocycles. The zero-order chi connectivity index (χ0) is 25.5. The summed E-state index contributed by atoms with van der Waals surface area (Å²) in [6, 6.07) is 20.2. The third-order valence-electron chi connectivity index (χ3n) is 6.32. The van der Waals surface area contributed by atoms with Gasteiger partial charge in [-0.2, -0.15) is 10.2 Å². The molecule has 0 aliphatic heterocycles. The van der Waals surface area contributed by atoms with Crippen LogP contribution in [0.2, 0.25) is 5.15 Å². The Morgan fingerprint density at radius 2 is 1.59 bits per heavy atom. The molecule has 0 spiro atoms. The molecule has 184 valence electrons. The number of nitrogens with one attached hydrogen (secondary N) is 4. The Kier molecular flexibility index (Phi) is 5.50. The van der Waals surface area contributed by atoms with Gasteiger partial charge in [0.1, 0.15) is 16.7 Å². The molecule has 0 saturated carbocycles. The molecular weight excluding hydrogens is 490 g/mol. The van der Waals surface area contributed by atoms with Crippen LogP contribution in [-0.2, 0) is 6.42 Å². The van der Waals surface area contributed by atoms with Gasteiger partial charge in [-0.25, -0.2) is 4.98 Å². The molecule has 0 bridgehead atoms. The number of hydrogen-bond donors (Lipinski definition) is 6. The number of rotatable bonds is 6. The van der Waals surface area contributed by atoms with Crippen LogP contribution in [-0.4, -0.2) is 36.3 Å². The van der Waals surface area contributed by atoms with Crippen molar-refractivity contribution in [3.63, 3.8) is 0 Å². The number of aromatic amines is 3. The molecule has 1 amide bonds. The number of aromatic nitrogens is 6. The molecule has 0 aliphatic rings. The Hall–Kier alpha value is -4.83. The molecule has 10 nitrogen and oxygen atoms in total. The lowest BCUT2D eigenvalue weighted by Gasteiger charge is -2.17. The Morgan fingerprint density at radius 1 is 0.919 bits per heavy atom. The van der Waals surface area contributed by atoms with E-state index in [0.717, 1.165) is 27.4 Å². The van der Waals surface area contributed by atoms with Crippen LogP contribution in [0.1, 0.15) is 27.8 Å². The van der Waals surface area contributed by atoms with Crippen LogP contribution in [0.5, 0.6) is 0 Å². The van der Waals surface area contributed by atoms with Crippen molar-refractivity contribution in [2.45, 2.75) is 12.5 Å². The third kappa shape index (κ3) is 4.23. The average Bonchev–Trinajstić information content (AvgIpc) is 3.60. The van der Waals surface area contributed by atoms with Crippen LogP contribution >= 0.6 is 11.6 Å². The van der Waals surface area contributed by atoms with E-state index < -0.39 is 6.04 Å². The fraction of sp³-hybridized carbons (Fsp3) is 0.0769. The Labute approximate surface area is 215 Å². The van der Waals surface area contributed by atoms with Crippen molar-refractivity contribution < 1.29 is 4.79 Å². The van der Waals surface area contributed by atoms with E-state index in [1.807, 2.05) is 48.5 Å². The second kappa shape index (κ2) is 8.99. The van der Waals surface area contributed by atoms with E-state index in [1.54, 1.807) is 18.2 Å². The number of hydrogen-bond acceptors (Lipinski definition) is 6. The number of anilines is 2. The Balaban J connectivity index is 1.34. The number of nitrogen functional groups attached to an aromatic ring is 2. The summed E-state index contributed by atoms with van der Waals surface area (Å²) < 4.78 is 0. The number of imidazole rings is 1. The molecule has 3 aromatic carbocycles. The minimum absolute atomic E-state index is 0.264. The zero-order valence-corrected chi connectivity index (χ0v) is 20.2. The second-order valence-corrected chi connectivity index (χ2v) is 9.12. The molecule has 0 radical (unpaired) electrons. The summed E-state index contributed by atoms with van der Waals surface area (Å²) in [5, 5.41) is 18.9. The summed E-state index contributed by atoms with van der Waals surface area (Å²) in [5.41, 5.74) is 16.1. The summed E-state index contributed by atoms with van der Waals surface area (Å²) in [6.07, 6.45) is 0.505. The number of carbonyl (C=O) groups is 1. The molecule has 0 unspecified atom stereocenters. The first-order valence-electron chi connectivity index (χ1n) is 11.5. The van der Waals surface area contributed by atoms with Crippen LogP contribution in [0.15, 0.2) is 66.7 Å². The van der Waals surface area contributed by atoms with Gasteiger partial charge in [0.2, 0.25) is 0 Å². The highest BCUT2D eigenvalue weighted by molar-refractivity contribution is 6.32. The quantitative estimate of drug-likeness (QED) is 0.194. The van der Waals surface area contributed by atoms with Crippen LogP contribution in [0.4, 0.5) is 11.6 Å². The summed E-state index contributed by atoms with van der Waals surface area (Å²) in [7, 11) is 0. The van der Waals surface area contributed by atoms with Gasteiger partial charge >= 0.3 is 0 Å². The second-order valence-electron chi connectivity index (χ2n) is 8.74. The predicted molar refractivity (Wildman–Crippen MR) is 144 cm³/mol. The van der Waals surface area contributed by atoms with Crippen molar-refractivity contribution in [2.75, 3.05) is 11.5 Å². The lowest BCUT2D eigenvalue weighted by Crippen LogP contribution is -2.30. The number of carbonyl (C=O) groups excluding carboxylic acids is 1. The fourth-order valence-corrected chi connectivity index (χ4v) is 4.65. The number of halogens is 1. The molecule has 8 N–H and O–H groups in total. The highest BCUT2D eigenvalue weighted by atomic mass is 35.5. The van der Waals surface area contributed by atoms with Gasteiger partial charge in [-0.3, -0.25) is 15.0 Å². The molecule has 37 heavy (non-hydrogen) atoms. The number of nitrogens with two attached hydrogens (primary N) is 2. The molecule has 0 fully saturated rings. The van der Waals surface area contributed by atoms with Crippen molar-refractivity contribution in [1.82, 2.24) is 35.7 Å². The molecule has 6 aromatic rings. The van der Waals surface area contributed by atoms with Crippen molar-refractivity contribution >= 4 is 50.9 Å². The lowest BCUT2D eigenvalue weighted by molar-refractivity contribution is 0.0935. The van der Waals surface area contributed by atoms with Crippen molar-refractivity contribution in [3.05, 3.63) is 88.8 Å². The van der Waals surface area contributed by atoms with E-state index in [9.17, 15) is 4.79 Å². The zero-order valence-electron chi connectivity index (χ0n) is 19.4. The summed E-state index contributed by atoms with van der Waals surface area (Å²) in [6.45, 7) is 0. The standard InChI is InChI=1S/C26H22ClN9O/c27-22-21(14-6-8-16-18(11-14)33-35-23(16)28)31-25(32-22)20(10-13-4-2-1-3-5-13)30-26(37)15-7-9-17-19(12-15)34-36-24(17)29/h1-9,11-12,20H,10H2,(H,30,37)(H,31,32)(H3,28,33,35)(H3,29,34,36)/t20-/m0/s1. The normalized spacial score (nSPS) is 12.2. The van der Waals surface area contributed by atoms with Gasteiger partial charge in [-0.05, 0) is 42.3 Å². The number of fused-ring (bicyclic) bond motifs is 2. The van der Waals surface area contributed by atoms with Crippen molar-refractivity contribution in [3.8, 4) is 11.3 Å². The Morgan fingerprint density at radius 3 is 2.32 bits per heavy atom. The van der Waals surface area contributed by atoms with E-state index in [0.29, 0.717) is 45.8 Å². The van der Waals surface area contributed by atoms with Gasteiger partial charge < -0.3 is 21.8 Å². The first kappa shape index (κ1) is 22.6. The van der Waals surface area contributed by atoms with Gasteiger partial charge in [-0.15, -0.1) is 0 Å². The van der Waals surface area contributed by atoms with Crippen LogP contribution < -0.4 is 16.8 Å². The molecule has 0 saturated heterocycles. The largest absolute Gasteiger partial charge is 0.382 e. The van der Waals surface area contributed by atoms with Crippen LogP contribution in [0, 0.1) is 0 Å². The number of H-pyrrole nitrogens is 3. The fourth-order valence-electron chi connectivity index (χ4n) is 4.40. The van der Waals surface area contributed by atoms with E-state index in [2.05, 4.69) is 30.7 Å². The topological polar surface area (TPSA) is 167 Å². The molecular formula is C26H22ClN9O. The molecule has 3 aromatic heterocycles. The Bertz CT molecular complexity index is 1750. The van der Waals surface area contributed by atoms with Gasteiger partial charge in [-0.1, -0.05) is 48.0 Å². The maximum absolute atomic E-state index is 13.3. The average molecular weight is 512 g/mol. The van der Waals surface area contributed by atoms with Crippen molar-refractivity contribution in [2.24, 2.45) is 0 Å². The number of benzene rings is 3. The van der Waals surface area contributed by atoms with Gasteiger partial charge in [0.05, 0.1) is 17.1 Å². The molecule has 11 heteroatoms. The van der Waals surface area contributed by atoms with E-state index in [-0.39, 0.29) is 5.91 Å². The molecule has 0 aliphatic carbocycles. The lowest BCUT2D eigenvalue weighted by atomic mass is 10.0. The van der Waals surface area contributed by atoms with Gasteiger partial charge in [0.25, 0.3) is 5.91 Å². The summed E-state index contributed by atoms with van der Waals surface area (Å²) in [5.74, 6) is 1.09. The van der Waals surface area contributed by atoms with Gasteiger partial charge in [0, 0.05) is 21.9 Å². The maximum atomic E-state index is 13.3. The monoisotopic (exact) mass is 511 g/mol. The van der Waals surface area contributed by atoms with Crippen molar-refractivity contribution in [1.29, 1.82) is 0 Å². The van der Waals surface area contributed by atoms with Gasteiger partial charge in [0.15, 0.2) is 11.6 Å². The van der Waals surface area contributed by atoms with Crippen LogP contribution in [0.25, 0.3) is 33.1 Å². The highest BCUT2D eigenvalue weighted by Crippen LogP contribution is 2.31. The number of nitrogens with zero attached hydrogens (tertiary/aromatic N) is 3.